The van der Waals surface area contributed by atoms with Crippen molar-refractivity contribution < 1.29 is 14.3 Å². The Bertz CT molecular complexity index is 843. The van der Waals surface area contributed by atoms with Gasteiger partial charge in [-0.15, -0.1) is 0 Å². The molecular formula is C20H23N3O3S. The number of para-hydroxylation sites is 2. The van der Waals surface area contributed by atoms with Crippen molar-refractivity contribution in [2.24, 2.45) is 5.92 Å². The van der Waals surface area contributed by atoms with E-state index < -0.39 is 0 Å². The zero-order valence-electron chi connectivity index (χ0n) is 15.2. The van der Waals surface area contributed by atoms with Crippen LogP contribution in [0.3, 0.4) is 0 Å². The van der Waals surface area contributed by atoms with Gasteiger partial charge in [0.2, 0.25) is 5.91 Å². The Balaban J connectivity index is 1.41. The lowest BCUT2D eigenvalue weighted by atomic mass is 9.86. The van der Waals surface area contributed by atoms with E-state index in [1.165, 1.54) is 31.1 Å². The van der Waals surface area contributed by atoms with Crippen LogP contribution in [0.2, 0.25) is 0 Å². The molecule has 0 spiro atoms. The molecule has 1 aromatic heterocycles. The van der Waals surface area contributed by atoms with E-state index in [4.69, 9.17) is 4.74 Å². The molecule has 2 aromatic rings. The minimum absolute atomic E-state index is 0.0532. The number of carbonyl (C=O) groups is 2. The zero-order chi connectivity index (χ0) is 18.8. The van der Waals surface area contributed by atoms with Crippen LogP contribution in [0.5, 0.6) is 10.8 Å². The number of nitrogens with one attached hydrogen (secondary N) is 2. The molecule has 3 fully saturated rings. The first kappa shape index (κ1) is 18.0. The number of rotatable bonds is 5. The van der Waals surface area contributed by atoms with Crippen molar-refractivity contribution >= 4 is 28.8 Å². The molecule has 3 saturated heterocycles. The first-order valence-corrected chi connectivity index (χ1v) is 10.1. The van der Waals surface area contributed by atoms with Gasteiger partial charge in [0.25, 0.3) is 5.91 Å². The summed E-state index contributed by atoms with van der Waals surface area (Å²) in [6.07, 6.45) is 3.69. The van der Waals surface area contributed by atoms with Crippen molar-refractivity contribution in [2.45, 2.75) is 32.4 Å². The molecule has 3 aliphatic heterocycles. The monoisotopic (exact) mass is 385 g/mol. The highest BCUT2D eigenvalue weighted by Crippen LogP contribution is 2.34. The second-order valence-electron chi connectivity index (χ2n) is 7.10. The van der Waals surface area contributed by atoms with E-state index in [0.29, 0.717) is 21.4 Å². The van der Waals surface area contributed by atoms with Gasteiger partial charge in [0.15, 0.2) is 10.8 Å². The van der Waals surface area contributed by atoms with Crippen LogP contribution >= 0.6 is 11.3 Å². The van der Waals surface area contributed by atoms with Crippen LogP contribution in [0.1, 0.15) is 35.9 Å². The van der Waals surface area contributed by atoms with Crippen molar-refractivity contribution in [3.05, 3.63) is 41.3 Å². The Morgan fingerprint density at radius 3 is 2.63 bits per heavy atom. The van der Waals surface area contributed by atoms with Crippen LogP contribution in [-0.4, -0.2) is 36.0 Å². The molecule has 2 N–H and O–H groups in total. The van der Waals surface area contributed by atoms with Gasteiger partial charge in [0.05, 0.1) is 16.7 Å². The number of amides is 2. The number of hydrogen-bond donors (Lipinski definition) is 2. The van der Waals surface area contributed by atoms with Gasteiger partial charge in [-0.25, -0.2) is 0 Å². The van der Waals surface area contributed by atoms with Gasteiger partial charge < -0.3 is 15.4 Å². The molecule has 0 saturated carbocycles. The van der Waals surface area contributed by atoms with Crippen molar-refractivity contribution in [1.29, 1.82) is 0 Å². The van der Waals surface area contributed by atoms with Crippen LogP contribution in [0.4, 0.5) is 5.69 Å². The van der Waals surface area contributed by atoms with Gasteiger partial charge in [0.1, 0.15) is 0 Å². The highest BCUT2D eigenvalue weighted by molar-refractivity contribution is 7.15. The summed E-state index contributed by atoms with van der Waals surface area (Å²) in [6, 6.07) is 10.8. The SMILES string of the molecule is CC(=O)Nc1ccccc1Oc1ccc(C(=O)NC2CC3CCN2CC3)s1. The Hall–Kier alpha value is -2.38. The number of ether oxygens (including phenoxy) is 1. The quantitative estimate of drug-likeness (QED) is 0.824. The molecule has 1 atom stereocenters. The average Bonchev–Trinajstić information content (AvgIpc) is 3.13. The maximum absolute atomic E-state index is 12.6. The topological polar surface area (TPSA) is 70.7 Å². The first-order valence-electron chi connectivity index (χ1n) is 9.28. The fourth-order valence-corrected chi connectivity index (χ4v) is 4.56. The van der Waals surface area contributed by atoms with Crippen molar-refractivity contribution in [3.63, 3.8) is 0 Å². The molecule has 4 heterocycles. The summed E-state index contributed by atoms with van der Waals surface area (Å²) in [5.41, 5.74) is 0.607. The van der Waals surface area contributed by atoms with Gasteiger partial charge >= 0.3 is 0 Å². The van der Waals surface area contributed by atoms with Gasteiger partial charge in [-0.1, -0.05) is 23.5 Å². The van der Waals surface area contributed by atoms with E-state index in [-0.39, 0.29) is 18.0 Å². The smallest absolute Gasteiger partial charge is 0.262 e. The van der Waals surface area contributed by atoms with Crippen LogP contribution in [-0.2, 0) is 4.79 Å². The average molecular weight is 385 g/mol. The van der Waals surface area contributed by atoms with Crippen molar-refractivity contribution in [1.82, 2.24) is 10.2 Å². The summed E-state index contributed by atoms with van der Waals surface area (Å²) >= 11 is 1.31. The third-order valence-electron chi connectivity index (χ3n) is 5.16. The third kappa shape index (κ3) is 4.14. The van der Waals surface area contributed by atoms with Crippen molar-refractivity contribution in [3.8, 4) is 10.8 Å². The molecule has 5 rings (SSSR count). The van der Waals surface area contributed by atoms with Crippen LogP contribution in [0.25, 0.3) is 0 Å². The molecule has 7 heteroatoms. The number of thiophene rings is 1. The maximum atomic E-state index is 12.6. The molecule has 6 nitrogen and oxygen atoms in total. The molecule has 0 aliphatic carbocycles. The van der Waals surface area contributed by atoms with E-state index in [2.05, 4.69) is 15.5 Å². The van der Waals surface area contributed by atoms with Gasteiger partial charge in [-0.2, -0.15) is 0 Å². The van der Waals surface area contributed by atoms with E-state index in [0.717, 1.165) is 25.4 Å². The summed E-state index contributed by atoms with van der Waals surface area (Å²) < 4.78 is 5.89. The minimum atomic E-state index is -0.158. The summed E-state index contributed by atoms with van der Waals surface area (Å²) in [4.78, 5) is 27.0. The number of hydrogen-bond acceptors (Lipinski definition) is 5. The highest BCUT2D eigenvalue weighted by Gasteiger charge is 2.34. The molecule has 2 amide bonds. The lowest BCUT2D eigenvalue weighted by molar-refractivity contribution is -0.114. The second kappa shape index (κ2) is 7.70. The predicted molar refractivity (Wildman–Crippen MR) is 105 cm³/mol. The van der Waals surface area contributed by atoms with Gasteiger partial charge in [-0.3, -0.25) is 14.5 Å². The number of fused-ring (bicyclic) bond motifs is 3. The van der Waals surface area contributed by atoms with Crippen LogP contribution in [0.15, 0.2) is 36.4 Å². The van der Waals surface area contributed by atoms with Crippen LogP contribution < -0.4 is 15.4 Å². The summed E-state index contributed by atoms with van der Waals surface area (Å²) in [5.74, 6) is 1.08. The molecule has 0 radical (unpaired) electrons. The summed E-state index contributed by atoms with van der Waals surface area (Å²) in [6.45, 7) is 3.61. The fraction of sp³-hybridized carbons (Fsp3) is 0.400. The predicted octanol–water partition coefficient (Wildman–Crippen LogP) is 3.67. The molecule has 1 unspecified atom stereocenters. The Kier molecular flexibility index (Phi) is 5.13. The number of carbonyl (C=O) groups excluding carboxylic acids is 2. The summed E-state index contributed by atoms with van der Waals surface area (Å²) in [5, 5.41) is 6.53. The number of piperidine rings is 3. The Morgan fingerprint density at radius 1 is 1.15 bits per heavy atom. The molecular weight excluding hydrogens is 362 g/mol. The normalized spacial score (nSPS) is 23.7. The van der Waals surface area contributed by atoms with E-state index >= 15 is 0 Å². The van der Waals surface area contributed by atoms with E-state index in [1.807, 2.05) is 12.1 Å². The molecule has 27 heavy (non-hydrogen) atoms. The zero-order valence-corrected chi connectivity index (χ0v) is 16.1. The second-order valence-corrected chi connectivity index (χ2v) is 8.15. The molecule has 3 aliphatic rings. The fourth-order valence-electron chi connectivity index (χ4n) is 3.79. The molecule has 2 bridgehead atoms. The van der Waals surface area contributed by atoms with Crippen LogP contribution in [0, 0.1) is 5.92 Å². The largest absolute Gasteiger partial charge is 0.444 e. The number of anilines is 1. The van der Waals surface area contributed by atoms with E-state index in [9.17, 15) is 9.59 Å². The minimum Gasteiger partial charge on any atom is -0.444 e. The maximum Gasteiger partial charge on any atom is 0.262 e. The lowest BCUT2D eigenvalue weighted by Gasteiger charge is -2.45. The Labute approximate surface area is 162 Å². The van der Waals surface area contributed by atoms with Crippen molar-refractivity contribution in [2.75, 3.05) is 18.4 Å². The Morgan fingerprint density at radius 2 is 1.93 bits per heavy atom. The number of nitrogens with zero attached hydrogens (tertiary/aromatic N) is 1. The number of benzene rings is 1. The first-order chi connectivity index (χ1) is 13.1. The van der Waals surface area contributed by atoms with Gasteiger partial charge in [0, 0.05) is 20.0 Å². The van der Waals surface area contributed by atoms with E-state index in [1.54, 1.807) is 24.3 Å². The van der Waals surface area contributed by atoms with Gasteiger partial charge in [-0.05, 0) is 49.4 Å². The lowest BCUT2D eigenvalue weighted by Crippen LogP contribution is -2.56. The summed E-state index contributed by atoms with van der Waals surface area (Å²) in [7, 11) is 0. The molecule has 1 aromatic carbocycles. The standard InChI is InChI=1S/C20H23N3O3S/c1-13(24)21-15-4-2-3-5-16(15)26-19-7-6-17(27-19)20(25)22-18-12-14-8-10-23(18)11-9-14/h2-7,14,18H,8-12H2,1H3,(H,21,24)(H,22,25). The molecule has 142 valence electrons. The third-order valence-corrected chi connectivity index (χ3v) is 6.12. The highest BCUT2D eigenvalue weighted by atomic mass is 32.1.